The maximum Gasteiger partial charge on any atom is 0.194 e. The van der Waals surface area contributed by atoms with Gasteiger partial charge in [-0.2, -0.15) is 0 Å². The molecule has 2 unspecified atom stereocenters. The summed E-state index contributed by atoms with van der Waals surface area (Å²) in [5.41, 5.74) is 10.8. The molecule has 25 heavy (non-hydrogen) atoms. The van der Waals surface area contributed by atoms with Crippen molar-refractivity contribution in [2.45, 2.75) is 52.4 Å². The first-order chi connectivity index (χ1) is 11.9. The molecule has 2 aromatic rings. The minimum Gasteiger partial charge on any atom is -0.398 e. The van der Waals surface area contributed by atoms with Gasteiger partial charge < -0.3 is 5.73 Å². The molecule has 3 heteroatoms. The highest BCUT2D eigenvalue weighted by atomic mass is 16.1. The lowest BCUT2D eigenvalue weighted by Crippen LogP contribution is -2.26. The summed E-state index contributed by atoms with van der Waals surface area (Å²) in [6.07, 6.45) is 1.75. The van der Waals surface area contributed by atoms with Gasteiger partial charge in [-0.1, -0.05) is 52.0 Å². The standard InChI is InChI=1S/C22H25NO2/c1-5-12(3)16-11-17(23)18(13(4)6-2)20-19(16)21(24)14-9-7-8-10-15(14)22(20)25/h7-13H,5-6,23H2,1-4H3. The summed E-state index contributed by atoms with van der Waals surface area (Å²) < 4.78 is 0. The fourth-order valence-electron chi connectivity index (χ4n) is 3.71. The van der Waals surface area contributed by atoms with Crippen LogP contribution in [-0.2, 0) is 0 Å². The van der Waals surface area contributed by atoms with E-state index in [1.54, 1.807) is 18.2 Å². The molecule has 0 amide bonds. The van der Waals surface area contributed by atoms with E-state index in [4.69, 9.17) is 5.73 Å². The van der Waals surface area contributed by atoms with Gasteiger partial charge in [0.1, 0.15) is 0 Å². The Morgan fingerprint density at radius 3 is 1.92 bits per heavy atom. The molecule has 0 heterocycles. The molecule has 0 saturated heterocycles. The van der Waals surface area contributed by atoms with Crippen molar-refractivity contribution in [2.75, 3.05) is 5.73 Å². The normalized spacial score (nSPS) is 15.5. The van der Waals surface area contributed by atoms with Gasteiger partial charge in [0, 0.05) is 27.9 Å². The smallest absolute Gasteiger partial charge is 0.194 e. The van der Waals surface area contributed by atoms with Crippen LogP contribution in [0, 0.1) is 0 Å². The van der Waals surface area contributed by atoms with Crippen LogP contribution in [0.25, 0.3) is 0 Å². The van der Waals surface area contributed by atoms with Crippen LogP contribution in [0.5, 0.6) is 0 Å². The zero-order valence-electron chi connectivity index (χ0n) is 15.3. The molecule has 0 aromatic heterocycles. The topological polar surface area (TPSA) is 60.2 Å². The van der Waals surface area contributed by atoms with Crippen molar-refractivity contribution >= 4 is 17.3 Å². The first-order valence-corrected chi connectivity index (χ1v) is 9.06. The van der Waals surface area contributed by atoms with Gasteiger partial charge in [-0.25, -0.2) is 0 Å². The molecule has 0 aliphatic heterocycles. The predicted molar refractivity (Wildman–Crippen MR) is 102 cm³/mol. The van der Waals surface area contributed by atoms with Crippen LogP contribution in [0.15, 0.2) is 30.3 Å². The third kappa shape index (κ3) is 2.58. The van der Waals surface area contributed by atoms with Crippen LogP contribution in [0.1, 0.15) is 95.3 Å². The zero-order valence-corrected chi connectivity index (χ0v) is 15.3. The van der Waals surface area contributed by atoms with Crippen molar-refractivity contribution in [3.8, 4) is 0 Å². The third-order valence-corrected chi connectivity index (χ3v) is 5.55. The minimum absolute atomic E-state index is 0.0509. The van der Waals surface area contributed by atoms with Gasteiger partial charge in [0.15, 0.2) is 11.6 Å². The Morgan fingerprint density at radius 2 is 1.40 bits per heavy atom. The molecular weight excluding hydrogens is 310 g/mol. The molecule has 0 radical (unpaired) electrons. The molecule has 3 rings (SSSR count). The summed E-state index contributed by atoms with van der Waals surface area (Å²) in [5.74, 6) is 0.174. The average molecular weight is 335 g/mol. The van der Waals surface area contributed by atoms with Gasteiger partial charge in [0.2, 0.25) is 0 Å². The molecule has 2 aromatic carbocycles. The number of benzene rings is 2. The lowest BCUT2D eigenvalue weighted by Gasteiger charge is -2.28. The number of hydrogen-bond acceptors (Lipinski definition) is 3. The summed E-state index contributed by atoms with van der Waals surface area (Å²) in [6, 6.07) is 9.03. The largest absolute Gasteiger partial charge is 0.398 e. The molecule has 0 saturated carbocycles. The molecule has 130 valence electrons. The molecule has 3 nitrogen and oxygen atoms in total. The fourth-order valence-corrected chi connectivity index (χ4v) is 3.71. The second-order valence-electron chi connectivity index (χ2n) is 7.04. The second-order valence-corrected chi connectivity index (χ2v) is 7.04. The summed E-state index contributed by atoms with van der Waals surface area (Å²) >= 11 is 0. The van der Waals surface area contributed by atoms with Crippen molar-refractivity contribution in [3.05, 3.63) is 63.7 Å². The molecule has 0 bridgehead atoms. The monoisotopic (exact) mass is 335 g/mol. The maximum atomic E-state index is 13.3. The maximum absolute atomic E-state index is 13.3. The number of carbonyl (C=O) groups excluding carboxylic acids is 2. The number of fused-ring (bicyclic) bond motifs is 2. The number of carbonyl (C=O) groups is 2. The average Bonchev–Trinajstić information content (AvgIpc) is 2.63. The zero-order chi connectivity index (χ0) is 18.3. The Balaban J connectivity index is 2.41. The van der Waals surface area contributed by atoms with E-state index >= 15 is 0 Å². The van der Waals surface area contributed by atoms with Crippen molar-refractivity contribution in [2.24, 2.45) is 0 Å². The Bertz CT molecular complexity index is 867. The predicted octanol–water partition coefficient (Wildman–Crippen LogP) is 5.07. The number of ketones is 2. The van der Waals surface area contributed by atoms with Gasteiger partial charge >= 0.3 is 0 Å². The summed E-state index contributed by atoms with van der Waals surface area (Å²) in [6.45, 7) is 8.30. The number of anilines is 1. The van der Waals surface area contributed by atoms with Crippen LogP contribution in [0.3, 0.4) is 0 Å². The SMILES string of the molecule is CCC(C)c1cc(N)c(C(C)CC)c2c1C(=O)c1ccccc1C2=O. The van der Waals surface area contributed by atoms with E-state index < -0.39 is 0 Å². The number of nitrogen functional groups attached to an aromatic ring is 1. The van der Waals surface area contributed by atoms with E-state index in [1.165, 1.54) is 0 Å². The molecule has 0 fully saturated rings. The first kappa shape index (κ1) is 17.4. The van der Waals surface area contributed by atoms with E-state index in [1.807, 2.05) is 12.1 Å². The molecule has 2 N–H and O–H groups in total. The van der Waals surface area contributed by atoms with Crippen molar-refractivity contribution in [1.29, 1.82) is 0 Å². The van der Waals surface area contributed by atoms with Crippen LogP contribution in [-0.4, -0.2) is 11.6 Å². The van der Waals surface area contributed by atoms with E-state index in [0.29, 0.717) is 27.9 Å². The highest BCUT2D eigenvalue weighted by Gasteiger charge is 2.36. The van der Waals surface area contributed by atoms with Crippen molar-refractivity contribution in [3.63, 3.8) is 0 Å². The van der Waals surface area contributed by atoms with Gasteiger partial charge in [-0.15, -0.1) is 0 Å². The summed E-state index contributed by atoms with van der Waals surface area (Å²) in [7, 11) is 0. The highest BCUT2D eigenvalue weighted by molar-refractivity contribution is 6.29. The Hall–Kier alpha value is -2.42. The fraction of sp³-hybridized carbons (Fsp3) is 0.364. The lowest BCUT2D eigenvalue weighted by atomic mass is 9.74. The molecule has 1 aliphatic carbocycles. The Morgan fingerprint density at radius 1 is 0.880 bits per heavy atom. The molecular formula is C22H25NO2. The van der Waals surface area contributed by atoms with Crippen molar-refractivity contribution < 1.29 is 9.59 Å². The van der Waals surface area contributed by atoms with E-state index in [-0.39, 0.29) is 23.4 Å². The Kier molecular flexibility index (Phi) is 4.51. The Labute approximate surface area is 149 Å². The lowest BCUT2D eigenvalue weighted by molar-refractivity contribution is 0.0977. The van der Waals surface area contributed by atoms with Crippen LogP contribution >= 0.6 is 0 Å². The van der Waals surface area contributed by atoms with Crippen LogP contribution in [0.2, 0.25) is 0 Å². The van der Waals surface area contributed by atoms with E-state index in [9.17, 15) is 9.59 Å². The van der Waals surface area contributed by atoms with Gasteiger partial charge in [-0.05, 0) is 41.9 Å². The molecule has 2 atom stereocenters. The quantitative estimate of drug-likeness (QED) is 0.677. The van der Waals surface area contributed by atoms with Gasteiger partial charge in [0.05, 0.1) is 0 Å². The summed E-state index contributed by atoms with van der Waals surface area (Å²) in [4.78, 5) is 26.6. The van der Waals surface area contributed by atoms with Gasteiger partial charge in [0.25, 0.3) is 0 Å². The molecule has 1 aliphatic rings. The second kappa shape index (κ2) is 6.47. The number of rotatable bonds is 4. The summed E-state index contributed by atoms with van der Waals surface area (Å²) in [5, 5.41) is 0. The first-order valence-electron chi connectivity index (χ1n) is 9.06. The van der Waals surface area contributed by atoms with Gasteiger partial charge in [-0.3, -0.25) is 9.59 Å². The van der Waals surface area contributed by atoms with E-state index in [2.05, 4.69) is 27.7 Å². The van der Waals surface area contributed by atoms with Crippen molar-refractivity contribution in [1.82, 2.24) is 0 Å². The molecule has 0 spiro atoms. The van der Waals surface area contributed by atoms with Crippen LogP contribution < -0.4 is 5.73 Å². The number of nitrogens with two attached hydrogens (primary N) is 1. The highest BCUT2D eigenvalue weighted by Crippen LogP contribution is 2.41. The minimum atomic E-state index is -0.0719. The van der Waals surface area contributed by atoms with Crippen LogP contribution in [0.4, 0.5) is 5.69 Å². The van der Waals surface area contributed by atoms with E-state index in [0.717, 1.165) is 24.0 Å². The third-order valence-electron chi connectivity index (χ3n) is 5.55. The number of hydrogen-bond donors (Lipinski definition) is 1.